The van der Waals surface area contributed by atoms with Crippen molar-refractivity contribution >= 4 is 17.7 Å². The van der Waals surface area contributed by atoms with Gasteiger partial charge in [0.15, 0.2) is 0 Å². The van der Waals surface area contributed by atoms with Crippen molar-refractivity contribution in [1.29, 1.82) is 0 Å². The quantitative estimate of drug-likeness (QED) is 0.792. The number of nitrogens with zero attached hydrogens (tertiary/aromatic N) is 1. The van der Waals surface area contributed by atoms with Crippen molar-refractivity contribution in [3.8, 4) is 0 Å². The Kier molecular flexibility index (Phi) is 6.97. The van der Waals surface area contributed by atoms with Gasteiger partial charge in [-0.2, -0.15) is 0 Å². The zero-order valence-corrected chi connectivity index (χ0v) is 12.2. The highest BCUT2D eigenvalue weighted by Crippen LogP contribution is 2.21. The summed E-state index contributed by atoms with van der Waals surface area (Å²) in [6.45, 7) is 6.51. The van der Waals surface area contributed by atoms with E-state index in [1.54, 1.807) is 0 Å². The summed E-state index contributed by atoms with van der Waals surface area (Å²) in [5.74, 6) is 0.944. The molecule has 1 fully saturated rings. The number of hydrogen-bond acceptors (Lipinski definition) is 3. The number of thioether (sulfide) groups is 1. The van der Waals surface area contributed by atoms with Gasteiger partial charge in [0.2, 0.25) is 5.91 Å². The van der Waals surface area contributed by atoms with Crippen LogP contribution < -0.4 is 5.32 Å². The minimum absolute atomic E-state index is 0.294. The van der Waals surface area contributed by atoms with Gasteiger partial charge in [-0.25, -0.2) is 0 Å². The van der Waals surface area contributed by atoms with E-state index in [0.717, 1.165) is 25.9 Å². The Hall–Kier alpha value is -0.220. The van der Waals surface area contributed by atoms with E-state index in [4.69, 9.17) is 0 Å². The minimum atomic E-state index is 0.294. The van der Waals surface area contributed by atoms with Gasteiger partial charge in [0.1, 0.15) is 0 Å². The van der Waals surface area contributed by atoms with Gasteiger partial charge < -0.3 is 10.2 Å². The Labute approximate surface area is 110 Å². The normalized spacial score (nSPS) is 17.4. The van der Waals surface area contributed by atoms with E-state index in [9.17, 15) is 4.79 Å². The van der Waals surface area contributed by atoms with Crippen molar-refractivity contribution in [2.75, 3.05) is 25.9 Å². The number of carbonyl (C=O) groups is 1. The minimum Gasteiger partial charge on any atom is -0.342 e. The Morgan fingerprint density at radius 2 is 1.94 bits per heavy atom. The summed E-state index contributed by atoms with van der Waals surface area (Å²) in [4.78, 5) is 14.0. The number of amides is 1. The molecule has 1 aliphatic heterocycles. The van der Waals surface area contributed by atoms with E-state index < -0.39 is 0 Å². The van der Waals surface area contributed by atoms with Crippen LogP contribution in [-0.2, 0) is 4.79 Å². The number of nitrogens with one attached hydrogen (secondary N) is 1. The molecular weight excluding hydrogens is 232 g/mol. The van der Waals surface area contributed by atoms with Crippen LogP contribution in [0.3, 0.4) is 0 Å². The maximum Gasteiger partial charge on any atom is 0.232 e. The molecule has 100 valence electrons. The van der Waals surface area contributed by atoms with Gasteiger partial charge in [-0.05, 0) is 38.8 Å². The maximum absolute atomic E-state index is 12.0. The molecule has 17 heavy (non-hydrogen) atoms. The monoisotopic (exact) mass is 258 g/mol. The van der Waals surface area contributed by atoms with Crippen LogP contribution in [0.15, 0.2) is 0 Å². The first-order valence-electron chi connectivity index (χ1n) is 6.77. The zero-order chi connectivity index (χ0) is 12.7. The molecule has 1 aliphatic rings. The van der Waals surface area contributed by atoms with Gasteiger partial charge in [-0.15, -0.1) is 11.8 Å². The molecule has 0 unspecified atom stereocenters. The van der Waals surface area contributed by atoms with E-state index in [1.165, 1.54) is 12.8 Å². The van der Waals surface area contributed by atoms with Crippen molar-refractivity contribution < 1.29 is 4.79 Å². The molecule has 0 aromatic heterocycles. The first kappa shape index (κ1) is 14.8. The predicted molar refractivity (Wildman–Crippen MR) is 75.5 cm³/mol. The second-order valence-corrected chi connectivity index (χ2v) is 6.02. The lowest BCUT2D eigenvalue weighted by Crippen LogP contribution is -2.38. The summed E-state index contributed by atoms with van der Waals surface area (Å²) >= 11 is 1.84. The average molecular weight is 258 g/mol. The summed E-state index contributed by atoms with van der Waals surface area (Å²) in [7, 11) is 1.95. The van der Waals surface area contributed by atoms with Crippen molar-refractivity contribution in [1.82, 2.24) is 10.2 Å². The van der Waals surface area contributed by atoms with E-state index in [2.05, 4.69) is 19.2 Å². The van der Waals surface area contributed by atoms with Crippen molar-refractivity contribution in [2.45, 2.75) is 50.8 Å². The van der Waals surface area contributed by atoms with Crippen molar-refractivity contribution in [3.63, 3.8) is 0 Å². The predicted octanol–water partition coefficient (Wildman–Crippen LogP) is 2.12. The molecule has 0 bridgehead atoms. The molecule has 0 aromatic rings. The van der Waals surface area contributed by atoms with Gasteiger partial charge in [-0.3, -0.25) is 4.79 Å². The highest BCUT2D eigenvalue weighted by molar-refractivity contribution is 8.00. The lowest BCUT2D eigenvalue weighted by molar-refractivity contribution is -0.129. The smallest absolute Gasteiger partial charge is 0.232 e. The Bertz CT molecular complexity index is 225. The molecule has 0 spiro atoms. The van der Waals surface area contributed by atoms with Crippen LogP contribution in [0.25, 0.3) is 0 Å². The van der Waals surface area contributed by atoms with Gasteiger partial charge in [0.25, 0.3) is 0 Å². The Balaban J connectivity index is 2.27. The lowest BCUT2D eigenvalue weighted by Gasteiger charge is -2.27. The summed E-state index contributed by atoms with van der Waals surface area (Å²) < 4.78 is 0. The molecule has 0 radical (unpaired) electrons. The first-order valence-corrected chi connectivity index (χ1v) is 7.81. The molecule has 1 N–H and O–H groups in total. The molecule has 1 amide bonds. The fourth-order valence-electron chi connectivity index (χ4n) is 2.29. The molecule has 0 saturated carbocycles. The number of rotatable bonds is 6. The number of piperidine rings is 1. The summed E-state index contributed by atoms with van der Waals surface area (Å²) in [5, 5.41) is 4.03. The van der Waals surface area contributed by atoms with Gasteiger partial charge in [0, 0.05) is 18.3 Å². The van der Waals surface area contributed by atoms with Crippen LogP contribution in [0.2, 0.25) is 0 Å². The van der Waals surface area contributed by atoms with Crippen molar-refractivity contribution in [3.05, 3.63) is 0 Å². The van der Waals surface area contributed by atoms with E-state index in [0.29, 0.717) is 23.0 Å². The highest BCUT2D eigenvalue weighted by atomic mass is 32.2. The summed E-state index contributed by atoms with van der Waals surface area (Å²) in [6.07, 6.45) is 4.51. The van der Waals surface area contributed by atoms with Gasteiger partial charge in [0.05, 0.1) is 5.75 Å². The highest BCUT2D eigenvalue weighted by Gasteiger charge is 2.19. The lowest BCUT2D eigenvalue weighted by atomic mass is 10.1. The van der Waals surface area contributed by atoms with Crippen LogP contribution >= 0.6 is 11.8 Å². The molecule has 1 heterocycles. The van der Waals surface area contributed by atoms with Crippen LogP contribution in [-0.4, -0.2) is 48.0 Å². The average Bonchev–Trinajstić information content (AvgIpc) is 2.38. The topological polar surface area (TPSA) is 32.3 Å². The Morgan fingerprint density at radius 1 is 1.35 bits per heavy atom. The largest absolute Gasteiger partial charge is 0.342 e. The third kappa shape index (κ3) is 4.88. The SMILES string of the molecule is CCC(CC)N(C)C(=O)CSC1CCNCC1. The third-order valence-electron chi connectivity index (χ3n) is 3.61. The van der Waals surface area contributed by atoms with E-state index >= 15 is 0 Å². The van der Waals surface area contributed by atoms with Crippen LogP contribution in [0, 0.1) is 0 Å². The first-order chi connectivity index (χ1) is 8.19. The molecule has 3 nitrogen and oxygen atoms in total. The van der Waals surface area contributed by atoms with Crippen LogP contribution in [0.5, 0.6) is 0 Å². The molecule has 0 atom stereocenters. The molecular formula is C13H26N2OS. The number of hydrogen-bond donors (Lipinski definition) is 1. The molecule has 0 aliphatic carbocycles. The summed E-state index contributed by atoms with van der Waals surface area (Å²) in [6, 6.07) is 0.413. The molecule has 0 aromatic carbocycles. The molecule has 1 saturated heterocycles. The third-order valence-corrected chi connectivity index (χ3v) is 4.97. The van der Waals surface area contributed by atoms with Crippen molar-refractivity contribution in [2.24, 2.45) is 0 Å². The fourth-order valence-corrected chi connectivity index (χ4v) is 3.44. The van der Waals surface area contributed by atoms with E-state index in [1.807, 2.05) is 23.7 Å². The molecule has 4 heteroatoms. The van der Waals surface area contributed by atoms with Gasteiger partial charge in [-0.1, -0.05) is 13.8 Å². The number of carbonyl (C=O) groups excluding carboxylic acids is 1. The maximum atomic E-state index is 12.0. The summed E-state index contributed by atoms with van der Waals surface area (Å²) in [5.41, 5.74) is 0. The second kappa shape index (κ2) is 7.98. The zero-order valence-electron chi connectivity index (χ0n) is 11.4. The van der Waals surface area contributed by atoms with Crippen LogP contribution in [0.1, 0.15) is 39.5 Å². The Morgan fingerprint density at radius 3 is 2.47 bits per heavy atom. The molecule has 1 rings (SSSR count). The standard InChI is InChI=1S/C13H26N2OS/c1-4-11(5-2)15(3)13(16)10-17-12-6-8-14-9-7-12/h11-12,14H,4-10H2,1-3H3. The fraction of sp³-hybridized carbons (Fsp3) is 0.923. The van der Waals surface area contributed by atoms with Crippen LogP contribution in [0.4, 0.5) is 0 Å². The van der Waals surface area contributed by atoms with E-state index in [-0.39, 0.29) is 0 Å². The van der Waals surface area contributed by atoms with Gasteiger partial charge >= 0.3 is 0 Å². The second-order valence-electron chi connectivity index (χ2n) is 4.74.